The Bertz CT molecular complexity index is 652. The zero-order chi connectivity index (χ0) is 16.9. The van der Waals surface area contributed by atoms with Gasteiger partial charge in [-0.05, 0) is 49.1 Å². The van der Waals surface area contributed by atoms with Crippen LogP contribution in [0.4, 0.5) is 10.8 Å². The Morgan fingerprint density at radius 3 is 2.52 bits per heavy atom. The number of carbonyl (C=O) groups is 1. The number of hydrogen-bond donors (Lipinski definition) is 3. The molecule has 0 fully saturated rings. The number of aromatic nitrogens is 1. The lowest BCUT2D eigenvalue weighted by Crippen LogP contribution is -2.23. The number of nitrogens with one attached hydrogen (secondary N) is 2. The summed E-state index contributed by atoms with van der Waals surface area (Å²) in [6.07, 6.45) is 1.29. The number of thiazole rings is 1. The molecular formula is C16H21N3O2S2. The number of hydrogen-bond acceptors (Lipinski definition) is 6. The van der Waals surface area contributed by atoms with Gasteiger partial charge in [0.15, 0.2) is 5.13 Å². The van der Waals surface area contributed by atoms with E-state index < -0.39 is 5.60 Å². The molecule has 0 aliphatic heterocycles. The van der Waals surface area contributed by atoms with E-state index in [9.17, 15) is 9.90 Å². The summed E-state index contributed by atoms with van der Waals surface area (Å²) in [7, 11) is 0. The van der Waals surface area contributed by atoms with E-state index in [0.29, 0.717) is 12.8 Å². The van der Waals surface area contributed by atoms with Gasteiger partial charge in [-0.15, -0.1) is 11.3 Å². The highest BCUT2D eigenvalue weighted by molar-refractivity contribution is 8.00. The van der Waals surface area contributed by atoms with Crippen LogP contribution in [-0.4, -0.2) is 16.0 Å². The van der Waals surface area contributed by atoms with E-state index in [1.807, 2.05) is 43.5 Å². The van der Waals surface area contributed by atoms with Gasteiger partial charge < -0.3 is 15.1 Å². The fraction of sp³-hybridized carbons (Fsp3) is 0.375. The van der Waals surface area contributed by atoms with Crippen LogP contribution in [0.15, 0.2) is 34.5 Å². The summed E-state index contributed by atoms with van der Waals surface area (Å²) in [6.45, 7) is 5.40. The first-order chi connectivity index (χ1) is 11.0. The van der Waals surface area contributed by atoms with Gasteiger partial charge in [0.05, 0.1) is 5.69 Å². The van der Waals surface area contributed by atoms with Crippen molar-refractivity contribution in [2.75, 3.05) is 10.0 Å². The van der Waals surface area contributed by atoms with Crippen molar-refractivity contribution in [3.63, 3.8) is 0 Å². The molecule has 1 heterocycles. The van der Waals surface area contributed by atoms with Gasteiger partial charge in [0.1, 0.15) is 5.60 Å². The zero-order valence-electron chi connectivity index (χ0n) is 13.4. The van der Waals surface area contributed by atoms with Crippen molar-refractivity contribution in [2.24, 2.45) is 0 Å². The highest BCUT2D eigenvalue weighted by Crippen LogP contribution is 2.32. The molecule has 0 atom stereocenters. The van der Waals surface area contributed by atoms with Gasteiger partial charge in [-0.2, -0.15) is 0 Å². The molecule has 0 radical (unpaired) electrons. The first-order valence-corrected chi connectivity index (χ1v) is 9.15. The third-order valence-electron chi connectivity index (χ3n) is 3.58. The molecule has 124 valence electrons. The minimum atomic E-state index is -0.846. The van der Waals surface area contributed by atoms with Crippen molar-refractivity contribution in [1.82, 2.24) is 4.98 Å². The van der Waals surface area contributed by atoms with Gasteiger partial charge in [-0.3, -0.25) is 4.79 Å². The number of amides is 1. The lowest BCUT2D eigenvalue weighted by atomic mass is 9.94. The molecule has 2 rings (SSSR count). The summed E-state index contributed by atoms with van der Waals surface area (Å²) in [6, 6.07) is 7.55. The summed E-state index contributed by atoms with van der Waals surface area (Å²) in [4.78, 5) is 16.5. The van der Waals surface area contributed by atoms with Crippen LogP contribution < -0.4 is 10.0 Å². The summed E-state index contributed by atoms with van der Waals surface area (Å²) in [5, 5.41) is 15.9. The second-order valence-electron chi connectivity index (χ2n) is 5.19. The van der Waals surface area contributed by atoms with Gasteiger partial charge >= 0.3 is 0 Å². The topological polar surface area (TPSA) is 74.2 Å². The maximum atomic E-state index is 11.0. The van der Waals surface area contributed by atoms with E-state index in [-0.39, 0.29) is 5.91 Å². The number of nitrogens with zero attached hydrogens (tertiary/aromatic N) is 1. The largest absolute Gasteiger partial charge is 0.384 e. The summed E-state index contributed by atoms with van der Waals surface area (Å²) < 4.78 is 3.19. The molecule has 5 nitrogen and oxygen atoms in total. The average molecular weight is 351 g/mol. The molecule has 0 saturated heterocycles. The number of benzene rings is 1. The van der Waals surface area contributed by atoms with Crippen LogP contribution in [0.5, 0.6) is 0 Å². The molecule has 1 aromatic heterocycles. The van der Waals surface area contributed by atoms with Crippen molar-refractivity contribution in [3.05, 3.63) is 35.3 Å². The second kappa shape index (κ2) is 7.81. The van der Waals surface area contributed by atoms with E-state index >= 15 is 0 Å². The molecule has 0 spiro atoms. The quantitative estimate of drug-likeness (QED) is 0.651. The lowest BCUT2D eigenvalue weighted by molar-refractivity contribution is -0.114. The molecular weight excluding hydrogens is 330 g/mol. The molecule has 7 heteroatoms. The third kappa shape index (κ3) is 4.70. The Hall–Kier alpha value is -1.57. The highest BCUT2D eigenvalue weighted by Gasteiger charge is 2.27. The minimum Gasteiger partial charge on any atom is -0.384 e. The summed E-state index contributed by atoms with van der Waals surface area (Å²) in [5.74, 6) is -0.0850. The number of aliphatic hydroxyl groups is 1. The predicted octanol–water partition coefficient (Wildman–Crippen LogP) is 4.23. The normalized spacial score (nSPS) is 11.3. The van der Waals surface area contributed by atoms with Crippen LogP contribution in [0.3, 0.4) is 0 Å². The van der Waals surface area contributed by atoms with E-state index in [1.165, 1.54) is 30.2 Å². The van der Waals surface area contributed by atoms with Crippen LogP contribution in [0.2, 0.25) is 0 Å². The molecule has 0 unspecified atom stereocenters. The Kier molecular flexibility index (Phi) is 6.04. The van der Waals surface area contributed by atoms with Crippen LogP contribution in [-0.2, 0) is 10.4 Å². The Labute approximate surface area is 144 Å². The van der Waals surface area contributed by atoms with Gasteiger partial charge in [0, 0.05) is 22.9 Å². The highest BCUT2D eigenvalue weighted by atomic mass is 32.2. The Morgan fingerprint density at radius 1 is 1.30 bits per heavy atom. The molecule has 0 saturated carbocycles. The molecule has 1 amide bonds. The fourth-order valence-corrected chi connectivity index (χ4v) is 3.55. The van der Waals surface area contributed by atoms with Gasteiger partial charge in [0.25, 0.3) is 0 Å². The van der Waals surface area contributed by atoms with Gasteiger partial charge in [0.2, 0.25) is 5.91 Å². The standard InChI is InChI=1S/C16H21N3O2S2/c1-4-16(21,5-2)14-10-22-15(18-14)19-23-13-8-6-12(7-9-13)17-11(3)20/h6-10,21H,4-5H2,1-3H3,(H,17,20)(H,18,19). The fourth-order valence-electron chi connectivity index (χ4n) is 2.06. The molecule has 2 aromatic rings. The van der Waals surface area contributed by atoms with Crippen molar-refractivity contribution < 1.29 is 9.90 Å². The van der Waals surface area contributed by atoms with Crippen LogP contribution >= 0.6 is 23.3 Å². The van der Waals surface area contributed by atoms with Crippen molar-refractivity contribution >= 4 is 40.0 Å². The minimum absolute atomic E-state index is 0.0850. The average Bonchev–Trinajstić information content (AvgIpc) is 3.02. The molecule has 23 heavy (non-hydrogen) atoms. The molecule has 0 bridgehead atoms. The SMILES string of the molecule is CCC(O)(CC)c1csc(NSc2ccc(NC(C)=O)cc2)n1. The maximum absolute atomic E-state index is 11.0. The van der Waals surface area contributed by atoms with E-state index in [2.05, 4.69) is 15.0 Å². The Morgan fingerprint density at radius 2 is 1.96 bits per heavy atom. The third-order valence-corrected chi connectivity index (χ3v) is 5.27. The van der Waals surface area contributed by atoms with Gasteiger partial charge in [-0.1, -0.05) is 13.8 Å². The van der Waals surface area contributed by atoms with E-state index in [1.54, 1.807) is 0 Å². The second-order valence-corrected chi connectivity index (χ2v) is 6.92. The maximum Gasteiger partial charge on any atom is 0.221 e. The Balaban J connectivity index is 1.96. The first-order valence-electron chi connectivity index (χ1n) is 7.45. The number of rotatable bonds is 7. The molecule has 0 aliphatic rings. The smallest absolute Gasteiger partial charge is 0.221 e. The van der Waals surface area contributed by atoms with Crippen molar-refractivity contribution in [1.29, 1.82) is 0 Å². The number of anilines is 2. The summed E-state index contributed by atoms with van der Waals surface area (Å²) >= 11 is 2.92. The lowest BCUT2D eigenvalue weighted by Gasteiger charge is -2.22. The summed E-state index contributed by atoms with van der Waals surface area (Å²) in [5.41, 5.74) is 0.645. The zero-order valence-corrected chi connectivity index (χ0v) is 15.1. The molecule has 3 N–H and O–H groups in total. The van der Waals surface area contributed by atoms with Crippen LogP contribution in [0.25, 0.3) is 0 Å². The predicted molar refractivity (Wildman–Crippen MR) is 96.8 cm³/mol. The van der Waals surface area contributed by atoms with Gasteiger partial charge in [-0.25, -0.2) is 4.98 Å². The first kappa shape index (κ1) is 17.8. The molecule has 0 aliphatic carbocycles. The van der Waals surface area contributed by atoms with Crippen molar-refractivity contribution in [2.45, 2.75) is 44.1 Å². The van der Waals surface area contributed by atoms with Crippen LogP contribution in [0, 0.1) is 0 Å². The van der Waals surface area contributed by atoms with Crippen LogP contribution in [0.1, 0.15) is 39.3 Å². The number of carbonyl (C=O) groups excluding carboxylic acids is 1. The van der Waals surface area contributed by atoms with Crippen molar-refractivity contribution in [3.8, 4) is 0 Å². The monoisotopic (exact) mass is 351 g/mol. The molecule has 1 aromatic carbocycles. The van der Waals surface area contributed by atoms with E-state index in [4.69, 9.17) is 0 Å². The van der Waals surface area contributed by atoms with E-state index in [0.717, 1.165) is 21.4 Å².